The van der Waals surface area contributed by atoms with Gasteiger partial charge in [0.1, 0.15) is 24.3 Å². The lowest BCUT2D eigenvalue weighted by Gasteiger charge is -2.39. The maximum absolute atomic E-state index is 17.4. The van der Waals surface area contributed by atoms with Crippen LogP contribution < -0.4 is 10.5 Å². The van der Waals surface area contributed by atoms with E-state index in [2.05, 4.69) is 42.2 Å². The van der Waals surface area contributed by atoms with Crippen LogP contribution in [0, 0.1) is 30.0 Å². The molecule has 1 aliphatic carbocycles. The Labute approximate surface area is 292 Å². The first-order valence-corrected chi connectivity index (χ1v) is 17.7. The SMILES string of the molecule is C=C/C=C\c1cccc(-c2c(C)cc3c(nc(O[C@@H](C)[C@@H]4CCCN4C)c4cc(CN5CCOCC5=O)n([C@@H]5CC[C@@H]5CN)c43)c2F)c1C#N. The summed E-state index contributed by atoms with van der Waals surface area (Å²) < 4.78 is 31.8. The highest BCUT2D eigenvalue weighted by molar-refractivity contribution is 6.08. The molecule has 50 heavy (non-hydrogen) atoms. The first kappa shape index (κ1) is 33.9. The van der Waals surface area contributed by atoms with Crippen LogP contribution in [-0.4, -0.2) is 77.3 Å². The van der Waals surface area contributed by atoms with Crippen molar-refractivity contribution in [1.29, 1.82) is 5.26 Å². The summed E-state index contributed by atoms with van der Waals surface area (Å²) in [6.45, 7) is 10.6. The molecule has 260 valence electrons. The molecule has 4 aromatic rings. The average Bonchev–Trinajstić information content (AvgIpc) is 3.69. The van der Waals surface area contributed by atoms with Crippen molar-refractivity contribution in [2.45, 2.75) is 64.3 Å². The Bertz CT molecular complexity index is 2040. The normalized spacial score (nSPS) is 22.0. The second kappa shape index (κ2) is 14.0. The number of hydrogen-bond acceptors (Lipinski definition) is 7. The summed E-state index contributed by atoms with van der Waals surface area (Å²) in [4.78, 5) is 22.1. The topological polar surface area (TPSA) is 110 Å². The van der Waals surface area contributed by atoms with Gasteiger partial charge in [-0.1, -0.05) is 43.0 Å². The van der Waals surface area contributed by atoms with Crippen molar-refractivity contribution >= 4 is 33.8 Å². The van der Waals surface area contributed by atoms with E-state index < -0.39 is 5.82 Å². The number of likely N-dealkylation sites (N-methyl/N-ethyl adjacent to an activating group) is 1. The smallest absolute Gasteiger partial charge is 0.248 e. The zero-order valence-corrected chi connectivity index (χ0v) is 29.1. The number of morpholine rings is 1. The number of hydrogen-bond donors (Lipinski definition) is 1. The maximum atomic E-state index is 17.4. The maximum Gasteiger partial charge on any atom is 0.248 e. The third-order valence-corrected chi connectivity index (χ3v) is 11.0. The molecule has 2 N–H and O–H groups in total. The van der Waals surface area contributed by atoms with Crippen molar-refractivity contribution in [1.82, 2.24) is 19.4 Å². The van der Waals surface area contributed by atoms with Gasteiger partial charge in [0.25, 0.3) is 0 Å². The number of nitrogens with zero attached hydrogens (tertiary/aromatic N) is 5. The highest BCUT2D eigenvalue weighted by Crippen LogP contribution is 2.46. The molecule has 2 aliphatic heterocycles. The molecule has 1 amide bonds. The van der Waals surface area contributed by atoms with Gasteiger partial charge >= 0.3 is 0 Å². The minimum absolute atomic E-state index is 0.0561. The summed E-state index contributed by atoms with van der Waals surface area (Å²) in [5, 5.41) is 11.7. The van der Waals surface area contributed by atoms with E-state index in [1.807, 2.05) is 30.0 Å². The van der Waals surface area contributed by atoms with Gasteiger partial charge in [-0.2, -0.15) is 5.26 Å². The fraction of sp³-hybridized carbons (Fsp3) is 0.425. The molecule has 9 nitrogen and oxygen atoms in total. The van der Waals surface area contributed by atoms with Gasteiger partial charge in [0.05, 0.1) is 29.6 Å². The van der Waals surface area contributed by atoms with Gasteiger partial charge in [0.15, 0.2) is 5.82 Å². The molecule has 2 aromatic carbocycles. The van der Waals surface area contributed by atoms with Crippen molar-refractivity contribution in [3.8, 4) is 23.1 Å². The largest absolute Gasteiger partial charge is 0.472 e. The van der Waals surface area contributed by atoms with E-state index in [1.54, 1.807) is 24.3 Å². The van der Waals surface area contributed by atoms with Crippen LogP contribution in [0.5, 0.6) is 5.88 Å². The molecule has 0 spiro atoms. The predicted octanol–water partition coefficient (Wildman–Crippen LogP) is 6.51. The summed E-state index contributed by atoms with van der Waals surface area (Å²) in [6.07, 6.45) is 9.03. The van der Waals surface area contributed by atoms with Crippen LogP contribution in [0.15, 0.2) is 49.1 Å². The Morgan fingerprint density at radius 3 is 2.76 bits per heavy atom. The fourth-order valence-electron chi connectivity index (χ4n) is 8.23. The van der Waals surface area contributed by atoms with Crippen LogP contribution in [0.25, 0.3) is 39.0 Å². The molecule has 2 saturated heterocycles. The third kappa shape index (κ3) is 5.87. The monoisotopic (exact) mass is 676 g/mol. The zero-order chi connectivity index (χ0) is 35.1. The summed E-state index contributed by atoms with van der Waals surface area (Å²) >= 11 is 0. The van der Waals surface area contributed by atoms with Crippen molar-refractivity contribution in [3.05, 3.63) is 77.3 Å². The Balaban J connectivity index is 1.49. The fourth-order valence-corrected chi connectivity index (χ4v) is 8.23. The first-order valence-electron chi connectivity index (χ1n) is 17.7. The second-order valence-corrected chi connectivity index (χ2v) is 14.0. The quantitative estimate of drug-likeness (QED) is 0.191. The van der Waals surface area contributed by atoms with E-state index in [0.717, 1.165) is 48.8 Å². The lowest BCUT2D eigenvalue weighted by atomic mass is 9.79. The number of aromatic nitrogens is 2. The molecule has 3 fully saturated rings. The van der Waals surface area contributed by atoms with Gasteiger partial charge in [0.2, 0.25) is 11.8 Å². The van der Waals surface area contributed by atoms with E-state index in [-0.39, 0.29) is 42.1 Å². The number of nitriles is 1. The molecule has 0 unspecified atom stereocenters. The van der Waals surface area contributed by atoms with Crippen LogP contribution in [-0.2, 0) is 16.1 Å². The first-order chi connectivity index (χ1) is 24.2. The lowest BCUT2D eigenvalue weighted by molar-refractivity contribution is -0.143. The Morgan fingerprint density at radius 2 is 2.08 bits per heavy atom. The average molecular weight is 677 g/mol. The number of likely N-dealkylation sites (tertiary alicyclic amines) is 1. The van der Waals surface area contributed by atoms with E-state index in [4.69, 9.17) is 20.2 Å². The molecule has 3 aliphatic rings. The Morgan fingerprint density at radius 1 is 1.24 bits per heavy atom. The van der Waals surface area contributed by atoms with Crippen LogP contribution >= 0.6 is 0 Å². The zero-order valence-electron chi connectivity index (χ0n) is 29.1. The number of rotatable bonds is 10. The number of nitrogens with two attached hydrogens (primary N) is 1. The standard InChI is InChI=1S/C40H45FN6O3/c1-5-6-9-26-10-7-11-29(32(26)21-43)36-24(2)18-30-38(37(36)41)44-40(50-25(3)33-12-8-15-45(33)4)31-19-28(22-46-16-17-49-23-35(46)48)47(39(30)31)34-14-13-27(34)20-42/h5-7,9-11,18-19,25,27,33-34H,1,8,12-17,20,22-23,42H2,2-4H3/b9-6-/t25-,27+,33-,34+/m0/s1. The van der Waals surface area contributed by atoms with Crippen LogP contribution in [0.2, 0.25) is 0 Å². The van der Waals surface area contributed by atoms with E-state index in [1.165, 1.54) is 0 Å². The number of amides is 1. The highest BCUT2D eigenvalue weighted by Gasteiger charge is 2.36. The van der Waals surface area contributed by atoms with E-state index in [9.17, 15) is 10.1 Å². The number of carbonyl (C=O) groups excluding carboxylic acids is 1. The predicted molar refractivity (Wildman–Crippen MR) is 194 cm³/mol. The molecular formula is C40H45FN6O3. The van der Waals surface area contributed by atoms with Crippen molar-refractivity contribution < 1.29 is 18.7 Å². The number of carbonyl (C=O) groups is 1. The number of aryl methyl sites for hydroxylation is 1. The van der Waals surface area contributed by atoms with Crippen molar-refractivity contribution in [2.24, 2.45) is 11.7 Å². The molecule has 1 saturated carbocycles. The summed E-state index contributed by atoms with van der Waals surface area (Å²) in [5.41, 5.74) is 10.9. The van der Waals surface area contributed by atoms with Gasteiger partial charge in [-0.05, 0) is 88.8 Å². The second-order valence-electron chi connectivity index (χ2n) is 14.0. The molecule has 10 heteroatoms. The van der Waals surface area contributed by atoms with Crippen LogP contribution in [0.4, 0.5) is 4.39 Å². The van der Waals surface area contributed by atoms with Crippen molar-refractivity contribution in [2.75, 3.05) is 39.9 Å². The number of ether oxygens (including phenoxy) is 2. The molecule has 7 rings (SSSR count). The summed E-state index contributed by atoms with van der Waals surface area (Å²) in [7, 11) is 2.11. The number of halogens is 1. The van der Waals surface area contributed by atoms with Crippen LogP contribution in [0.3, 0.4) is 0 Å². The number of pyridine rings is 1. The molecule has 4 heterocycles. The minimum Gasteiger partial charge on any atom is -0.472 e. The van der Waals surface area contributed by atoms with Gasteiger partial charge in [-0.3, -0.25) is 9.69 Å². The number of fused-ring (bicyclic) bond motifs is 3. The highest BCUT2D eigenvalue weighted by atomic mass is 19.1. The van der Waals surface area contributed by atoms with Gasteiger partial charge in [0, 0.05) is 40.8 Å². The van der Waals surface area contributed by atoms with Gasteiger partial charge in [-0.15, -0.1) is 0 Å². The molecular weight excluding hydrogens is 631 g/mol. The summed E-state index contributed by atoms with van der Waals surface area (Å²) in [5.74, 6) is 0.0621. The molecule has 0 bridgehead atoms. The molecule has 0 radical (unpaired) electrons. The van der Waals surface area contributed by atoms with Crippen molar-refractivity contribution in [3.63, 3.8) is 0 Å². The lowest BCUT2D eigenvalue weighted by Crippen LogP contribution is -2.42. The van der Waals surface area contributed by atoms with Gasteiger partial charge in [-0.25, -0.2) is 9.37 Å². The molecule has 4 atom stereocenters. The van der Waals surface area contributed by atoms with E-state index >= 15 is 4.39 Å². The third-order valence-electron chi connectivity index (χ3n) is 11.0. The van der Waals surface area contributed by atoms with E-state index in [0.29, 0.717) is 65.3 Å². The minimum atomic E-state index is -0.500. The summed E-state index contributed by atoms with van der Waals surface area (Å²) in [6, 6.07) is 12.1. The Hall–Kier alpha value is -4.56. The number of allylic oxidation sites excluding steroid dienone is 2. The van der Waals surface area contributed by atoms with Crippen LogP contribution in [0.1, 0.15) is 61.0 Å². The Kier molecular flexibility index (Phi) is 9.49. The molecule has 2 aromatic heterocycles. The van der Waals surface area contributed by atoms with Gasteiger partial charge < -0.3 is 24.7 Å². The number of benzene rings is 2.